The van der Waals surface area contributed by atoms with Gasteiger partial charge in [0.05, 0.1) is 0 Å². The van der Waals surface area contributed by atoms with Crippen LogP contribution in [0.5, 0.6) is 0 Å². The first kappa shape index (κ1) is 26.0. The fourth-order valence-corrected chi connectivity index (χ4v) is 4.18. The molecular weight excluding hydrogens is 466 g/mol. The zero-order valence-electron chi connectivity index (χ0n) is 21.5. The summed E-state index contributed by atoms with van der Waals surface area (Å²) in [5.41, 5.74) is 3.18. The maximum Gasteiger partial charge on any atom is 0.255 e. The molecule has 0 atom stereocenters. The van der Waals surface area contributed by atoms with Crippen molar-refractivity contribution in [1.82, 2.24) is 20.1 Å². The van der Waals surface area contributed by atoms with Crippen LogP contribution in [0.4, 0.5) is 5.69 Å². The minimum atomic E-state index is -0.287. The second kappa shape index (κ2) is 11.3. The molecule has 0 bridgehead atoms. The Morgan fingerprint density at radius 3 is 2.14 bits per heavy atom. The van der Waals surface area contributed by atoms with Gasteiger partial charge in [0.15, 0.2) is 0 Å². The number of rotatable bonds is 6. The van der Waals surface area contributed by atoms with Crippen LogP contribution in [0.3, 0.4) is 0 Å². The summed E-state index contributed by atoms with van der Waals surface area (Å²) in [4.78, 5) is 45.9. The Morgan fingerprint density at radius 1 is 0.811 bits per heavy atom. The monoisotopic (exact) mass is 499 g/mol. The van der Waals surface area contributed by atoms with Gasteiger partial charge in [0.25, 0.3) is 17.7 Å². The van der Waals surface area contributed by atoms with Gasteiger partial charge in [-0.25, -0.2) is 0 Å². The van der Waals surface area contributed by atoms with E-state index in [2.05, 4.69) is 20.5 Å². The lowest BCUT2D eigenvalue weighted by Crippen LogP contribution is -2.48. The molecular formula is C29H33N5O3. The van der Waals surface area contributed by atoms with E-state index in [-0.39, 0.29) is 23.3 Å². The zero-order chi connectivity index (χ0) is 26.4. The average molecular weight is 500 g/mol. The number of hydrogen-bond acceptors (Lipinski definition) is 5. The topological polar surface area (TPSA) is 94.6 Å². The van der Waals surface area contributed by atoms with Crippen molar-refractivity contribution in [3.8, 4) is 0 Å². The number of carbonyl (C=O) groups is 3. The highest BCUT2D eigenvalue weighted by molar-refractivity contribution is 6.04. The fraction of sp³-hybridized carbons (Fsp3) is 0.310. The number of benzene rings is 2. The van der Waals surface area contributed by atoms with Crippen LogP contribution in [0, 0.1) is 0 Å². The SMILES string of the molecule is CC(C)(C)NC(=O)c1cccc(CN2CCN(C(=O)c3ccc(NC(=O)c4ccncc4)cc3)CC2)c1. The number of amides is 3. The fourth-order valence-electron chi connectivity index (χ4n) is 4.18. The van der Waals surface area contributed by atoms with E-state index in [4.69, 9.17) is 0 Å². The number of carbonyl (C=O) groups excluding carboxylic acids is 3. The average Bonchev–Trinajstić information content (AvgIpc) is 2.89. The second-order valence-corrected chi connectivity index (χ2v) is 10.2. The number of anilines is 1. The highest BCUT2D eigenvalue weighted by Crippen LogP contribution is 2.16. The van der Waals surface area contributed by atoms with E-state index in [1.165, 1.54) is 0 Å². The molecule has 0 radical (unpaired) electrons. The van der Waals surface area contributed by atoms with E-state index in [0.717, 1.165) is 25.2 Å². The van der Waals surface area contributed by atoms with Gasteiger partial charge in [0.1, 0.15) is 0 Å². The highest BCUT2D eigenvalue weighted by atomic mass is 16.2. The van der Waals surface area contributed by atoms with Crippen molar-refractivity contribution in [3.63, 3.8) is 0 Å². The van der Waals surface area contributed by atoms with Gasteiger partial charge in [0.2, 0.25) is 0 Å². The molecule has 1 saturated heterocycles. The predicted molar refractivity (Wildman–Crippen MR) is 143 cm³/mol. The Hall–Kier alpha value is -4.04. The summed E-state index contributed by atoms with van der Waals surface area (Å²) >= 11 is 0. The quantitative estimate of drug-likeness (QED) is 0.538. The third kappa shape index (κ3) is 7.24. The molecule has 0 spiro atoms. The molecule has 2 heterocycles. The Labute approximate surface area is 217 Å². The predicted octanol–water partition coefficient (Wildman–Crippen LogP) is 3.82. The minimum absolute atomic E-state index is 0.0208. The number of piperazine rings is 1. The third-order valence-electron chi connectivity index (χ3n) is 6.08. The molecule has 192 valence electrons. The number of nitrogens with one attached hydrogen (secondary N) is 2. The third-order valence-corrected chi connectivity index (χ3v) is 6.08. The molecule has 1 fully saturated rings. The highest BCUT2D eigenvalue weighted by Gasteiger charge is 2.23. The molecule has 2 aromatic carbocycles. The van der Waals surface area contributed by atoms with Crippen LogP contribution >= 0.6 is 0 Å². The van der Waals surface area contributed by atoms with Crippen molar-refractivity contribution >= 4 is 23.4 Å². The summed E-state index contributed by atoms with van der Waals surface area (Å²) in [5, 5.41) is 5.83. The standard InChI is InChI=1S/C29H33N5O3/c1-29(2,3)32-27(36)24-6-4-5-21(19-24)20-33-15-17-34(18-16-33)28(37)23-7-9-25(10-8-23)31-26(35)22-11-13-30-14-12-22/h4-14,19H,15-18,20H2,1-3H3,(H,31,35)(H,32,36). The van der Waals surface area contributed by atoms with Crippen molar-refractivity contribution in [1.29, 1.82) is 0 Å². The van der Waals surface area contributed by atoms with Gasteiger partial charge in [-0.15, -0.1) is 0 Å². The molecule has 1 aliphatic heterocycles. The number of pyridine rings is 1. The van der Waals surface area contributed by atoms with Gasteiger partial charge in [-0.1, -0.05) is 12.1 Å². The Bertz CT molecular complexity index is 1240. The van der Waals surface area contributed by atoms with Gasteiger partial charge < -0.3 is 15.5 Å². The molecule has 3 aromatic rings. The maximum atomic E-state index is 13.0. The molecule has 8 heteroatoms. The van der Waals surface area contributed by atoms with Gasteiger partial charge >= 0.3 is 0 Å². The van der Waals surface area contributed by atoms with Crippen LogP contribution in [0.15, 0.2) is 73.1 Å². The summed E-state index contributed by atoms with van der Waals surface area (Å²) < 4.78 is 0. The first-order valence-corrected chi connectivity index (χ1v) is 12.4. The smallest absolute Gasteiger partial charge is 0.255 e. The molecule has 8 nitrogen and oxygen atoms in total. The van der Waals surface area contributed by atoms with Crippen LogP contribution in [0.25, 0.3) is 0 Å². The molecule has 1 aromatic heterocycles. The molecule has 1 aliphatic rings. The van der Waals surface area contributed by atoms with Crippen LogP contribution in [-0.4, -0.2) is 64.2 Å². The largest absolute Gasteiger partial charge is 0.347 e. The second-order valence-electron chi connectivity index (χ2n) is 10.2. The van der Waals surface area contributed by atoms with E-state index < -0.39 is 0 Å². The number of nitrogens with zero attached hydrogens (tertiary/aromatic N) is 3. The van der Waals surface area contributed by atoms with Crippen molar-refractivity contribution < 1.29 is 14.4 Å². The van der Waals surface area contributed by atoms with E-state index in [1.807, 2.05) is 49.9 Å². The maximum absolute atomic E-state index is 13.0. The summed E-state index contributed by atoms with van der Waals surface area (Å²) in [7, 11) is 0. The van der Waals surface area contributed by atoms with Gasteiger partial charge in [-0.05, 0) is 74.9 Å². The van der Waals surface area contributed by atoms with E-state index in [9.17, 15) is 14.4 Å². The van der Waals surface area contributed by atoms with Crippen molar-refractivity contribution in [2.24, 2.45) is 0 Å². The Kier molecular flexibility index (Phi) is 7.98. The molecule has 3 amide bonds. The minimum Gasteiger partial charge on any atom is -0.347 e. The Morgan fingerprint density at radius 2 is 1.49 bits per heavy atom. The lowest BCUT2D eigenvalue weighted by molar-refractivity contribution is 0.0628. The molecule has 4 rings (SSSR count). The molecule has 0 aliphatic carbocycles. The first-order chi connectivity index (χ1) is 17.7. The van der Waals surface area contributed by atoms with Crippen molar-refractivity contribution in [2.75, 3.05) is 31.5 Å². The number of aromatic nitrogens is 1. The summed E-state index contributed by atoms with van der Waals surface area (Å²) in [6, 6.07) is 18.0. The first-order valence-electron chi connectivity index (χ1n) is 12.4. The normalized spacial score (nSPS) is 14.2. The lowest BCUT2D eigenvalue weighted by Gasteiger charge is -2.35. The Balaban J connectivity index is 1.28. The van der Waals surface area contributed by atoms with Gasteiger partial charge in [-0.2, -0.15) is 0 Å². The van der Waals surface area contributed by atoms with E-state index in [1.54, 1.807) is 48.8 Å². The molecule has 37 heavy (non-hydrogen) atoms. The van der Waals surface area contributed by atoms with Crippen molar-refractivity contribution in [2.45, 2.75) is 32.9 Å². The van der Waals surface area contributed by atoms with Gasteiger partial charge in [0, 0.05) is 73.0 Å². The van der Waals surface area contributed by atoms with Gasteiger partial charge in [-0.3, -0.25) is 24.3 Å². The summed E-state index contributed by atoms with van der Waals surface area (Å²) in [6.45, 7) is 9.38. The van der Waals surface area contributed by atoms with E-state index >= 15 is 0 Å². The lowest BCUT2D eigenvalue weighted by atomic mass is 10.1. The summed E-state index contributed by atoms with van der Waals surface area (Å²) in [5.74, 6) is -0.321. The van der Waals surface area contributed by atoms with Crippen LogP contribution in [0.2, 0.25) is 0 Å². The molecule has 2 N–H and O–H groups in total. The van der Waals surface area contributed by atoms with Crippen LogP contribution < -0.4 is 10.6 Å². The van der Waals surface area contributed by atoms with Crippen molar-refractivity contribution in [3.05, 3.63) is 95.3 Å². The zero-order valence-corrected chi connectivity index (χ0v) is 21.5. The summed E-state index contributed by atoms with van der Waals surface area (Å²) in [6.07, 6.45) is 3.14. The number of hydrogen-bond donors (Lipinski definition) is 2. The van der Waals surface area contributed by atoms with Crippen LogP contribution in [-0.2, 0) is 6.54 Å². The molecule has 0 unspecified atom stereocenters. The molecule has 0 saturated carbocycles. The van der Waals surface area contributed by atoms with E-state index in [0.29, 0.717) is 35.5 Å². The van der Waals surface area contributed by atoms with Crippen LogP contribution in [0.1, 0.15) is 57.4 Å².